The van der Waals surface area contributed by atoms with E-state index in [0.29, 0.717) is 5.92 Å². The lowest BCUT2D eigenvalue weighted by molar-refractivity contribution is -0.158. The molecule has 2 aliphatic rings. The van der Waals surface area contributed by atoms with Crippen LogP contribution in [0.5, 0.6) is 0 Å². The number of carbonyl (C=O) groups is 2. The lowest BCUT2D eigenvalue weighted by Crippen LogP contribution is -2.71. The number of amides is 2. The van der Waals surface area contributed by atoms with Gasteiger partial charge < -0.3 is 10.2 Å². The fraction of sp³-hybridized carbons (Fsp3) is 0.875. The first-order valence-corrected chi connectivity index (χ1v) is 8.06. The smallest absolute Gasteiger partial charge is 0.249 e. The molecule has 1 N–H and O–H groups in total. The molecule has 0 aromatic heterocycles. The molecular weight excluding hydrogens is 252 g/mol. The van der Waals surface area contributed by atoms with Gasteiger partial charge in [-0.1, -0.05) is 33.6 Å². The predicted molar refractivity (Wildman–Crippen MR) is 79.2 cm³/mol. The van der Waals surface area contributed by atoms with Crippen LogP contribution in [0.15, 0.2) is 0 Å². The van der Waals surface area contributed by atoms with Gasteiger partial charge in [-0.05, 0) is 38.5 Å². The van der Waals surface area contributed by atoms with Crippen LogP contribution < -0.4 is 5.32 Å². The fourth-order valence-electron chi connectivity index (χ4n) is 3.58. The molecule has 1 heterocycles. The van der Waals surface area contributed by atoms with Gasteiger partial charge in [-0.15, -0.1) is 0 Å². The van der Waals surface area contributed by atoms with Crippen molar-refractivity contribution in [2.45, 2.75) is 83.8 Å². The standard InChI is InChI=1S/C16H28N2O2/c1-5-12(4)18-13(10-11(2)3)14(19)17-16(15(18)20)8-6-7-9-16/h11-13H,5-10H2,1-4H3,(H,17,19). The Morgan fingerprint density at radius 2 is 1.85 bits per heavy atom. The summed E-state index contributed by atoms with van der Waals surface area (Å²) in [7, 11) is 0. The molecule has 20 heavy (non-hydrogen) atoms. The molecule has 0 aromatic rings. The van der Waals surface area contributed by atoms with Crippen LogP contribution in [0.4, 0.5) is 0 Å². The van der Waals surface area contributed by atoms with Crippen molar-refractivity contribution in [2.75, 3.05) is 0 Å². The molecule has 114 valence electrons. The zero-order valence-corrected chi connectivity index (χ0v) is 13.2. The van der Waals surface area contributed by atoms with Gasteiger partial charge in [-0.2, -0.15) is 0 Å². The van der Waals surface area contributed by atoms with Crippen molar-refractivity contribution < 1.29 is 9.59 Å². The molecule has 1 spiro atoms. The van der Waals surface area contributed by atoms with Crippen LogP contribution in [-0.4, -0.2) is 34.3 Å². The van der Waals surface area contributed by atoms with Gasteiger partial charge in [0.2, 0.25) is 11.8 Å². The molecule has 2 rings (SSSR count). The first kappa shape index (κ1) is 15.3. The zero-order chi connectivity index (χ0) is 14.9. The number of piperazine rings is 1. The fourth-order valence-corrected chi connectivity index (χ4v) is 3.58. The number of carbonyl (C=O) groups excluding carboxylic acids is 2. The Hall–Kier alpha value is -1.06. The molecule has 1 saturated heterocycles. The lowest BCUT2D eigenvalue weighted by Gasteiger charge is -2.47. The average Bonchev–Trinajstić information content (AvgIpc) is 2.84. The van der Waals surface area contributed by atoms with Crippen LogP contribution >= 0.6 is 0 Å². The Labute approximate surface area is 122 Å². The minimum atomic E-state index is -0.589. The van der Waals surface area contributed by atoms with Crippen molar-refractivity contribution >= 4 is 11.8 Å². The minimum absolute atomic E-state index is 0.0560. The van der Waals surface area contributed by atoms with Crippen LogP contribution in [0.2, 0.25) is 0 Å². The molecular formula is C16H28N2O2. The van der Waals surface area contributed by atoms with E-state index in [2.05, 4.69) is 33.0 Å². The van der Waals surface area contributed by atoms with Gasteiger partial charge in [0.05, 0.1) is 0 Å². The summed E-state index contributed by atoms with van der Waals surface area (Å²) < 4.78 is 0. The molecule has 2 amide bonds. The summed E-state index contributed by atoms with van der Waals surface area (Å²) in [5.74, 6) is 0.623. The van der Waals surface area contributed by atoms with E-state index in [4.69, 9.17) is 0 Å². The van der Waals surface area contributed by atoms with Crippen molar-refractivity contribution in [3.8, 4) is 0 Å². The van der Waals surface area contributed by atoms with E-state index >= 15 is 0 Å². The third kappa shape index (κ3) is 2.57. The second-order valence-corrected chi connectivity index (χ2v) is 6.89. The zero-order valence-electron chi connectivity index (χ0n) is 13.2. The van der Waals surface area contributed by atoms with Gasteiger partial charge in [0, 0.05) is 6.04 Å². The lowest BCUT2D eigenvalue weighted by atomic mass is 9.87. The second-order valence-electron chi connectivity index (χ2n) is 6.89. The number of hydrogen-bond acceptors (Lipinski definition) is 2. The normalized spacial score (nSPS) is 27.2. The average molecular weight is 280 g/mol. The van der Waals surface area contributed by atoms with Crippen LogP contribution in [-0.2, 0) is 9.59 Å². The third-order valence-electron chi connectivity index (χ3n) is 4.86. The van der Waals surface area contributed by atoms with Crippen LogP contribution in [0.3, 0.4) is 0 Å². The summed E-state index contributed by atoms with van der Waals surface area (Å²) in [4.78, 5) is 27.5. The molecule has 0 aromatic carbocycles. The number of hydrogen-bond donors (Lipinski definition) is 1. The Morgan fingerprint density at radius 1 is 1.25 bits per heavy atom. The quantitative estimate of drug-likeness (QED) is 0.860. The summed E-state index contributed by atoms with van der Waals surface area (Å²) in [5.41, 5.74) is -0.589. The highest BCUT2D eigenvalue weighted by atomic mass is 16.2. The minimum Gasteiger partial charge on any atom is -0.340 e. The molecule has 1 aliphatic heterocycles. The first-order valence-electron chi connectivity index (χ1n) is 8.06. The molecule has 0 radical (unpaired) electrons. The van der Waals surface area contributed by atoms with E-state index in [1.807, 2.05) is 4.90 Å². The monoisotopic (exact) mass is 280 g/mol. The summed E-state index contributed by atoms with van der Waals surface area (Å²) in [6, 6.07) is -0.154. The largest absolute Gasteiger partial charge is 0.340 e. The van der Waals surface area contributed by atoms with Gasteiger partial charge in [0.1, 0.15) is 11.6 Å². The first-order chi connectivity index (χ1) is 9.41. The summed E-state index contributed by atoms with van der Waals surface area (Å²) >= 11 is 0. The molecule has 4 heteroatoms. The van der Waals surface area contributed by atoms with E-state index in [0.717, 1.165) is 38.5 Å². The van der Waals surface area contributed by atoms with E-state index < -0.39 is 5.54 Å². The van der Waals surface area contributed by atoms with Crippen LogP contribution in [0.1, 0.15) is 66.2 Å². The second kappa shape index (κ2) is 5.74. The maximum absolute atomic E-state index is 13.0. The summed E-state index contributed by atoms with van der Waals surface area (Å²) in [6.07, 6.45) is 5.32. The third-order valence-corrected chi connectivity index (χ3v) is 4.86. The van der Waals surface area contributed by atoms with Gasteiger partial charge in [0.25, 0.3) is 0 Å². The molecule has 2 unspecified atom stereocenters. The van der Waals surface area contributed by atoms with Crippen molar-refractivity contribution in [1.29, 1.82) is 0 Å². The molecule has 2 fully saturated rings. The van der Waals surface area contributed by atoms with Crippen molar-refractivity contribution in [1.82, 2.24) is 10.2 Å². The molecule has 1 aliphatic carbocycles. The maximum atomic E-state index is 13.0. The van der Waals surface area contributed by atoms with Crippen molar-refractivity contribution in [3.63, 3.8) is 0 Å². The highest BCUT2D eigenvalue weighted by Gasteiger charge is 2.52. The summed E-state index contributed by atoms with van der Waals surface area (Å²) in [6.45, 7) is 8.35. The molecule has 4 nitrogen and oxygen atoms in total. The predicted octanol–water partition coefficient (Wildman–Crippen LogP) is 2.47. The molecule has 0 bridgehead atoms. The molecule has 1 saturated carbocycles. The Morgan fingerprint density at radius 3 is 2.35 bits per heavy atom. The number of nitrogens with one attached hydrogen (secondary N) is 1. The van der Waals surface area contributed by atoms with Gasteiger partial charge in [-0.25, -0.2) is 0 Å². The highest BCUT2D eigenvalue weighted by Crippen LogP contribution is 2.36. The van der Waals surface area contributed by atoms with Crippen LogP contribution in [0.25, 0.3) is 0 Å². The van der Waals surface area contributed by atoms with Crippen molar-refractivity contribution in [3.05, 3.63) is 0 Å². The van der Waals surface area contributed by atoms with E-state index in [9.17, 15) is 9.59 Å². The number of rotatable bonds is 4. The SMILES string of the molecule is CCC(C)N1C(=O)C2(CCCC2)NC(=O)C1CC(C)C. The number of nitrogens with zero attached hydrogens (tertiary/aromatic N) is 1. The summed E-state index contributed by atoms with van der Waals surface area (Å²) in [5, 5.41) is 3.08. The van der Waals surface area contributed by atoms with E-state index in [-0.39, 0.29) is 23.9 Å². The topological polar surface area (TPSA) is 49.4 Å². The highest BCUT2D eigenvalue weighted by molar-refractivity contribution is 6.00. The van der Waals surface area contributed by atoms with E-state index in [1.165, 1.54) is 0 Å². The van der Waals surface area contributed by atoms with Gasteiger partial charge >= 0.3 is 0 Å². The molecule has 2 atom stereocenters. The van der Waals surface area contributed by atoms with Gasteiger partial charge in [-0.3, -0.25) is 9.59 Å². The Kier molecular flexibility index (Phi) is 4.40. The van der Waals surface area contributed by atoms with E-state index in [1.54, 1.807) is 0 Å². The maximum Gasteiger partial charge on any atom is 0.249 e. The van der Waals surface area contributed by atoms with Crippen LogP contribution in [0, 0.1) is 5.92 Å². The van der Waals surface area contributed by atoms with Crippen molar-refractivity contribution in [2.24, 2.45) is 5.92 Å². The van der Waals surface area contributed by atoms with Gasteiger partial charge in [0.15, 0.2) is 0 Å². The Balaban J connectivity index is 2.31. The Bertz CT molecular complexity index is 386.